The summed E-state index contributed by atoms with van der Waals surface area (Å²) in [5.41, 5.74) is 7.83. The second-order valence-corrected chi connectivity index (χ2v) is 4.28. The molecule has 0 aliphatic rings. The molecule has 0 amide bonds. The van der Waals surface area contributed by atoms with Gasteiger partial charge in [-0.3, -0.25) is 10.8 Å². The van der Waals surface area contributed by atoms with Crippen molar-refractivity contribution in [3.63, 3.8) is 0 Å². The predicted molar refractivity (Wildman–Crippen MR) is 74.4 cm³/mol. The first-order valence-electron chi connectivity index (χ1n) is 4.76. The minimum atomic E-state index is -2.89. The number of nitrogens with two attached hydrogens (primary N) is 1. The maximum atomic E-state index is 12.0. The summed E-state index contributed by atoms with van der Waals surface area (Å²) >= 11 is 1.88. The number of amidine groups is 1. The molecule has 0 aliphatic carbocycles. The van der Waals surface area contributed by atoms with Gasteiger partial charge in [0.2, 0.25) is 5.71 Å². The van der Waals surface area contributed by atoms with Crippen molar-refractivity contribution >= 4 is 39.8 Å². The lowest BCUT2D eigenvalue weighted by atomic mass is 10.3. The number of ether oxygens (including phenoxy) is 1. The van der Waals surface area contributed by atoms with Gasteiger partial charge in [0.15, 0.2) is 5.84 Å². The zero-order valence-electron chi connectivity index (χ0n) is 9.32. The highest BCUT2D eigenvalue weighted by atomic mass is 127. The number of hydrazone groups is 1. The first-order valence-corrected chi connectivity index (χ1v) is 5.84. The molecule has 0 spiro atoms. The summed E-state index contributed by atoms with van der Waals surface area (Å²) in [6, 6.07) is 5.80. The van der Waals surface area contributed by atoms with Crippen LogP contribution in [0.5, 0.6) is 5.75 Å². The maximum Gasteiger partial charge on any atom is 0.387 e. The Balaban J connectivity index is 2.87. The number of benzene rings is 1. The highest BCUT2D eigenvalue weighted by molar-refractivity contribution is 14.1. The topological polar surface area (TPSA) is 107 Å². The summed E-state index contributed by atoms with van der Waals surface area (Å²) in [7, 11) is 0. The van der Waals surface area contributed by atoms with Crippen LogP contribution >= 0.6 is 22.6 Å². The molecule has 1 aromatic carbocycles. The van der Waals surface area contributed by atoms with Crippen molar-refractivity contribution in [1.29, 1.82) is 10.7 Å². The highest BCUT2D eigenvalue weighted by Gasteiger charge is 2.07. The van der Waals surface area contributed by atoms with E-state index in [9.17, 15) is 8.78 Å². The normalized spacial score (nSPS) is 11.0. The van der Waals surface area contributed by atoms with E-state index in [0.717, 1.165) is 0 Å². The zero-order chi connectivity index (χ0) is 14.4. The van der Waals surface area contributed by atoms with Gasteiger partial charge in [0.1, 0.15) is 11.8 Å². The van der Waals surface area contributed by atoms with Gasteiger partial charge in [-0.15, -0.1) is 0 Å². The third-order valence-corrected chi connectivity index (χ3v) is 2.71. The van der Waals surface area contributed by atoms with E-state index < -0.39 is 12.4 Å². The summed E-state index contributed by atoms with van der Waals surface area (Å²) in [4.78, 5) is 0. The Morgan fingerprint density at radius 2 is 2.26 bits per heavy atom. The van der Waals surface area contributed by atoms with Crippen molar-refractivity contribution in [3.05, 3.63) is 21.8 Å². The predicted octanol–water partition coefficient (Wildman–Crippen LogP) is 2.12. The number of nitrogens with one attached hydrogen (secondary N) is 2. The van der Waals surface area contributed by atoms with Crippen molar-refractivity contribution in [3.8, 4) is 11.8 Å². The Bertz CT molecular complexity index is 555. The van der Waals surface area contributed by atoms with Gasteiger partial charge in [0, 0.05) is 3.57 Å². The van der Waals surface area contributed by atoms with Crippen LogP contribution in [0.2, 0.25) is 0 Å². The number of alkyl halides is 2. The lowest BCUT2D eigenvalue weighted by Gasteiger charge is -2.08. The number of halogens is 3. The molecule has 6 nitrogen and oxygen atoms in total. The molecule has 0 saturated heterocycles. The van der Waals surface area contributed by atoms with E-state index >= 15 is 0 Å². The lowest BCUT2D eigenvalue weighted by molar-refractivity contribution is -0.0498. The molecule has 1 rings (SSSR count). The van der Waals surface area contributed by atoms with Crippen LogP contribution in [-0.2, 0) is 0 Å². The fourth-order valence-corrected chi connectivity index (χ4v) is 1.63. The first kappa shape index (κ1) is 15.1. The van der Waals surface area contributed by atoms with Crippen molar-refractivity contribution in [2.24, 2.45) is 10.8 Å². The highest BCUT2D eigenvalue weighted by Crippen LogP contribution is 2.24. The summed E-state index contributed by atoms with van der Waals surface area (Å²) in [5.74, 6) is -0.455. The van der Waals surface area contributed by atoms with Crippen molar-refractivity contribution in [2.75, 3.05) is 5.43 Å². The van der Waals surface area contributed by atoms with E-state index in [2.05, 4.69) is 15.3 Å². The largest absolute Gasteiger partial charge is 0.435 e. The van der Waals surface area contributed by atoms with Gasteiger partial charge in [0.05, 0.1) is 5.69 Å². The van der Waals surface area contributed by atoms with Gasteiger partial charge >= 0.3 is 6.61 Å². The number of hydrogen-bond acceptors (Lipinski definition) is 5. The molecule has 0 radical (unpaired) electrons. The second-order valence-electron chi connectivity index (χ2n) is 3.12. The van der Waals surface area contributed by atoms with Gasteiger partial charge in [-0.1, -0.05) is 0 Å². The molecule has 100 valence electrons. The Morgan fingerprint density at radius 3 is 2.74 bits per heavy atom. The van der Waals surface area contributed by atoms with Crippen molar-refractivity contribution in [1.82, 2.24) is 0 Å². The molecule has 1 aromatic rings. The number of nitriles is 1. The number of hydrogen-bond donors (Lipinski definition) is 3. The molecule has 0 heterocycles. The van der Waals surface area contributed by atoms with Crippen LogP contribution in [0.3, 0.4) is 0 Å². The monoisotopic (exact) mass is 379 g/mol. The van der Waals surface area contributed by atoms with E-state index in [4.69, 9.17) is 16.4 Å². The average molecular weight is 379 g/mol. The van der Waals surface area contributed by atoms with E-state index in [1.54, 1.807) is 6.07 Å². The van der Waals surface area contributed by atoms with E-state index in [0.29, 0.717) is 9.26 Å². The van der Waals surface area contributed by atoms with E-state index in [-0.39, 0.29) is 11.5 Å². The molecular formula is C10H8F2IN5O. The summed E-state index contributed by atoms with van der Waals surface area (Å²) in [5, 5.41) is 19.3. The number of rotatable bonds is 5. The summed E-state index contributed by atoms with van der Waals surface area (Å²) < 4.78 is 28.8. The van der Waals surface area contributed by atoms with Gasteiger partial charge in [-0.2, -0.15) is 19.1 Å². The SMILES string of the molecule is N#C/C(=N\Nc1ccc(OC(F)F)cc1I)C(=N)N. The molecule has 0 saturated carbocycles. The Hall–Kier alpha value is -1.96. The molecule has 9 heteroatoms. The third-order valence-electron chi connectivity index (χ3n) is 1.81. The van der Waals surface area contributed by atoms with Crippen molar-refractivity contribution in [2.45, 2.75) is 6.61 Å². The van der Waals surface area contributed by atoms with Crippen LogP contribution in [0.25, 0.3) is 0 Å². The molecule has 0 unspecified atom stereocenters. The van der Waals surface area contributed by atoms with Crippen LogP contribution in [0, 0.1) is 20.3 Å². The van der Waals surface area contributed by atoms with Crippen LogP contribution in [-0.4, -0.2) is 18.2 Å². The molecule has 0 bridgehead atoms. The number of anilines is 1. The average Bonchev–Trinajstić information content (AvgIpc) is 2.31. The minimum Gasteiger partial charge on any atom is -0.435 e. The smallest absolute Gasteiger partial charge is 0.387 e. The van der Waals surface area contributed by atoms with Gasteiger partial charge in [-0.05, 0) is 40.8 Å². The Labute approximate surface area is 120 Å². The molecule has 0 atom stereocenters. The quantitative estimate of drug-likeness (QED) is 0.315. The van der Waals surface area contributed by atoms with Crippen LogP contribution in [0.1, 0.15) is 0 Å². The summed E-state index contributed by atoms with van der Waals surface area (Å²) in [6.45, 7) is -2.89. The molecule has 4 N–H and O–H groups in total. The Kier molecular flexibility index (Phi) is 5.43. The lowest BCUT2D eigenvalue weighted by Crippen LogP contribution is -2.21. The molecular weight excluding hydrogens is 371 g/mol. The zero-order valence-corrected chi connectivity index (χ0v) is 11.5. The Morgan fingerprint density at radius 1 is 1.58 bits per heavy atom. The van der Waals surface area contributed by atoms with Gasteiger partial charge < -0.3 is 10.5 Å². The van der Waals surface area contributed by atoms with Crippen LogP contribution in [0.15, 0.2) is 23.3 Å². The molecule has 19 heavy (non-hydrogen) atoms. The minimum absolute atomic E-state index is 0.0148. The number of nitrogens with zero attached hydrogens (tertiary/aromatic N) is 2. The van der Waals surface area contributed by atoms with Gasteiger partial charge in [0.25, 0.3) is 0 Å². The van der Waals surface area contributed by atoms with Crippen molar-refractivity contribution < 1.29 is 13.5 Å². The third kappa shape index (κ3) is 4.66. The standard InChI is InChI=1S/C10H8F2IN5O/c11-10(12)19-5-1-2-7(6(13)3-5)17-18-8(4-14)9(15)16/h1-3,10,17H,(H3,15,16)/b18-8+. The van der Waals surface area contributed by atoms with E-state index in [1.165, 1.54) is 18.2 Å². The fourth-order valence-electron chi connectivity index (χ4n) is 1.02. The fraction of sp³-hybridized carbons (Fsp3) is 0.100. The van der Waals surface area contributed by atoms with Crippen LogP contribution in [0.4, 0.5) is 14.5 Å². The maximum absolute atomic E-state index is 12.0. The molecule has 0 aliphatic heterocycles. The second kappa shape index (κ2) is 6.83. The first-order chi connectivity index (χ1) is 8.93. The van der Waals surface area contributed by atoms with Gasteiger partial charge in [-0.25, -0.2) is 0 Å². The molecule has 0 fully saturated rings. The summed E-state index contributed by atoms with van der Waals surface area (Å²) in [6.07, 6.45) is 0. The van der Waals surface area contributed by atoms with E-state index in [1.807, 2.05) is 22.6 Å². The molecule has 0 aromatic heterocycles. The van der Waals surface area contributed by atoms with Crippen LogP contribution < -0.4 is 15.9 Å².